The fourth-order valence-corrected chi connectivity index (χ4v) is 7.27. The molecule has 31 heavy (non-hydrogen) atoms. The van der Waals surface area contributed by atoms with Gasteiger partial charge in [0.2, 0.25) is 5.91 Å². The number of nitrogens with zero attached hydrogens (tertiary/aromatic N) is 1. The Morgan fingerprint density at radius 3 is 2.16 bits per heavy atom. The minimum atomic E-state index is -4.41. The quantitative estimate of drug-likeness (QED) is 0.494. The fraction of sp³-hybridized carbons (Fsp3) is 0.500. The van der Waals surface area contributed by atoms with E-state index in [2.05, 4.69) is 5.43 Å². The van der Waals surface area contributed by atoms with Crippen LogP contribution in [0.3, 0.4) is 0 Å². The first-order valence-corrected chi connectivity index (χ1v) is 11.6. The lowest BCUT2D eigenvalue weighted by Crippen LogP contribution is -2.57. The molecule has 1 saturated heterocycles. The normalized spacial score (nSPS) is 33.5. The summed E-state index contributed by atoms with van der Waals surface area (Å²) >= 11 is 6.34. The number of benzene rings is 1. The number of hydrazine groups is 1. The maximum Gasteiger partial charge on any atom is 0.416 e. The number of alkyl halides is 3. The molecule has 0 unspecified atom stereocenters. The predicted molar refractivity (Wildman–Crippen MR) is 115 cm³/mol. The lowest BCUT2D eigenvalue weighted by molar-refractivity contribution is -0.152. The molecule has 0 atom stereocenters. The maximum atomic E-state index is 13.2. The van der Waals surface area contributed by atoms with Crippen LogP contribution in [0.5, 0.6) is 0 Å². The van der Waals surface area contributed by atoms with Gasteiger partial charge in [0.1, 0.15) is 0 Å². The van der Waals surface area contributed by atoms with E-state index in [0.717, 1.165) is 48.2 Å². The molecule has 1 heterocycles. The van der Waals surface area contributed by atoms with Gasteiger partial charge in [-0.2, -0.15) is 18.2 Å². The van der Waals surface area contributed by atoms with Crippen LogP contribution in [0.2, 0.25) is 0 Å². The topological polar surface area (TPSA) is 49.4 Å². The van der Waals surface area contributed by atoms with Crippen molar-refractivity contribution in [3.8, 4) is 0 Å². The highest BCUT2D eigenvalue weighted by atomic mass is 32.2. The average molecular weight is 467 g/mol. The molecule has 9 heteroatoms. The van der Waals surface area contributed by atoms with Crippen molar-refractivity contribution in [3.63, 3.8) is 0 Å². The van der Waals surface area contributed by atoms with Crippen LogP contribution >= 0.6 is 24.0 Å². The summed E-state index contributed by atoms with van der Waals surface area (Å²) < 4.78 is 38.4. The highest BCUT2D eigenvalue weighted by molar-refractivity contribution is 8.26. The molecule has 0 spiro atoms. The van der Waals surface area contributed by atoms with E-state index in [1.807, 2.05) is 0 Å². The van der Waals surface area contributed by atoms with Gasteiger partial charge < -0.3 is 0 Å². The third-order valence-corrected chi connectivity index (χ3v) is 8.36. The van der Waals surface area contributed by atoms with Crippen molar-refractivity contribution in [2.24, 2.45) is 23.2 Å². The molecule has 0 aromatic heterocycles. The Kier molecular flexibility index (Phi) is 4.97. The summed E-state index contributed by atoms with van der Waals surface area (Å²) in [7, 11) is 0. The second-order valence-electron chi connectivity index (χ2n) is 9.28. The average Bonchev–Trinajstić information content (AvgIpc) is 2.94. The molecule has 1 aromatic carbocycles. The summed E-state index contributed by atoms with van der Waals surface area (Å²) in [4.78, 5) is 26.4. The summed E-state index contributed by atoms with van der Waals surface area (Å²) in [5.74, 6) is 1.22. The van der Waals surface area contributed by atoms with Crippen molar-refractivity contribution in [2.75, 3.05) is 0 Å². The zero-order valence-electron chi connectivity index (χ0n) is 16.6. The maximum absolute atomic E-state index is 13.2. The highest BCUT2D eigenvalue weighted by Crippen LogP contribution is 2.60. The third-order valence-electron chi connectivity index (χ3n) is 7.06. The summed E-state index contributed by atoms with van der Waals surface area (Å²) in [5, 5.41) is 1.12. The zero-order valence-corrected chi connectivity index (χ0v) is 18.2. The fourth-order valence-electron chi connectivity index (χ4n) is 6.09. The van der Waals surface area contributed by atoms with Crippen LogP contribution < -0.4 is 5.43 Å². The van der Waals surface area contributed by atoms with Crippen LogP contribution in [0.15, 0.2) is 29.2 Å². The number of thioether (sulfide) groups is 1. The number of rotatable bonds is 3. The van der Waals surface area contributed by atoms with Gasteiger partial charge in [-0.3, -0.25) is 15.0 Å². The summed E-state index contributed by atoms with van der Waals surface area (Å²) in [6, 6.07) is 4.57. The van der Waals surface area contributed by atoms with Gasteiger partial charge in [0.25, 0.3) is 5.91 Å². The van der Waals surface area contributed by atoms with Crippen LogP contribution in [0, 0.1) is 23.2 Å². The second-order valence-corrected chi connectivity index (χ2v) is 11.0. The smallest absolute Gasteiger partial charge is 0.273 e. The molecule has 4 saturated carbocycles. The van der Waals surface area contributed by atoms with E-state index in [1.165, 1.54) is 37.5 Å². The van der Waals surface area contributed by atoms with E-state index in [9.17, 15) is 22.8 Å². The molecule has 1 aromatic rings. The van der Waals surface area contributed by atoms with Gasteiger partial charge in [-0.1, -0.05) is 23.9 Å². The number of hydrogen-bond donors (Lipinski definition) is 1. The number of amides is 2. The Hall–Kier alpha value is -1.87. The minimum absolute atomic E-state index is 0.126. The van der Waals surface area contributed by atoms with Gasteiger partial charge in [0.05, 0.1) is 15.9 Å². The number of thiocarbonyl (C=S) groups is 1. The van der Waals surface area contributed by atoms with E-state index in [4.69, 9.17) is 12.2 Å². The van der Waals surface area contributed by atoms with E-state index in [0.29, 0.717) is 23.3 Å². The standard InChI is InChI=1S/C22H21F3N2O2S2/c23-22(24,25)16-3-1-12(2-4-16)8-17-18(28)27(20(30)31-17)26-19(29)21-9-13-5-14(10-21)7-15(6-13)11-21/h1-4,8,13-15H,5-7,9-11H2,(H,26,29)/b17-8-. The molecule has 6 rings (SSSR count). The Bertz CT molecular complexity index is 952. The van der Waals surface area contributed by atoms with Gasteiger partial charge in [0, 0.05) is 0 Å². The number of hydrogen-bond acceptors (Lipinski definition) is 4. The van der Waals surface area contributed by atoms with Gasteiger partial charge in [0.15, 0.2) is 4.32 Å². The molecule has 2 amide bonds. The van der Waals surface area contributed by atoms with Gasteiger partial charge in [-0.15, -0.1) is 0 Å². The van der Waals surface area contributed by atoms with Crippen LogP contribution in [-0.4, -0.2) is 21.1 Å². The molecule has 5 aliphatic rings. The first-order chi connectivity index (χ1) is 14.6. The molecule has 1 N–H and O–H groups in total. The minimum Gasteiger partial charge on any atom is -0.273 e. The SMILES string of the molecule is O=C1/C(=C/c2ccc(C(F)(F)F)cc2)SC(=S)N1NC(=O)C12CC3CC(CC(C3)C1)C2. The van der Waals surface area contributed by atoms with E-state index in [1.54, 1.807) is 0 Å². The predicted octanol–water partition coefficient (Wildman–Crippen LogP) is 5.15. The van der Waals surface area contributed by atoms with Crippen LogP contribution in [-0.2, 0) is 15.8 Å². The second kappa shape index (κ2) is 7.33. The van der Waals surface area contributed by atoms with E-state index < -0.39 is 23.1 Å². The largest absolute Gasteiger partial charge is 0.416 e. The molecular weight excluding hydrogens is 445 g/mol. The lowest BCUT2D eigenvalue weighted by Gasteiger charge is -2.55. The number of nitrogens with one attached hydrogen (secondary N) is 1. The molecule has 164 valence electrons. The van der Waals surface area contributed by atoms with Crippen molar-refractivity contribution in [1.29, 1.82) is 0 Å². The Balaban J connectivity index is 1.30. The highest BCUT2D eigenvalue weighted by Gasteiger charge is 2.55. The molecular formula is C22H21F3N2O2S2. The molecule has 4 nitrogen and oxygen atoms in total. The van der Waals surface area contributed by atoms with Gasteiger partial charge >= 0.3 is 6.18 Å². The monoisotopic (exact) mass is 466 g/mol. The molecule has 1 aliphatic heterocycles. The zero-order chi connectivity index (χ0) is 22.0. The van der Waals surface area contributed by atoms with Gasteiger partial charge in [-0.25, -0.2) is 0 Å². The van der Waals surface area contributed by atoms with Crippen molar-refractivity contribution < 1.29 is 22.8 Å². The molecule has 0 radical (unpaired) electrons. The number of carbonyl (C=O) groups excluding carboxylic acids is 2. The molecule has 4 bridgehead atoms. The van der Waals surface area contributed by atoms with Crippen molar-refractivity contribution >= 4 is 46.2 Å². The first-order valence-electron chi connectivity index (χ1n) is 10.4. The van der Waals surface area contributed by atoms with Crippen LogP contribution in [0.1, 0.15) is 49.7 Å². The number of carbonyl (C=O) groups is 2. The van der Waals surface area contributed by atoms with E-state index in [-0.39, 0.29) is 15.1 Å². The summed E-state index contributed by atoms with van der Waals surface area (Å²) in [6.45, 7) is 0. The Morgan fingerprint density at radius 1 is 1.10 bits per heavy atom. The Labute approximate surface area is 187 Å². The Morgan fingerprint density at radius 2 is 1.65 bits per heavy atom. The third kappa shape index (κ3) is 3.80. The van der Waals surface area contributed by atoms with Crippen molar-refractivity contribution in [3.05, 3.63) is 40.3 Å². The summed E-state index contributed by atoms with van der Waals surface area (Å²) in [5.41, 5.74) is 2.08. The van der Waals surface area contributed by atoms with Gasteiger partial charge in [-0.05, 0) is 92.3 Å². The van der Waals surface area contributed by atoms with Crippen LogP contribution in [0.25, 0.3) is 6.08 Å². The van der Waals surface area contributed by atoms with E-state index >= 15 is 0 Å². The lowest BCUT2D eigenvalue weighted by atomic mass is 9.49. The molecule has 5 fully saturated rings. The van der Waals surface area contributed by atoms with Crippen LogP contribution in [0.4, 0.5) is 13.2 Å². The number of halogens is 3. The first kappa shape index (κ1) is 21.0. The molecule has 4 aliphatic carbocycles. The summed E-state index contributed by atoms with van der Waals surface area (Å²) in [6.07, 6.45) is 3.35. The van der Waals surface area contributed by atoms with Crippen molar-refractivity contribution in [2.45, 2.75) is 44.7 Å². The van der Waals surface area contributed by atoms with Crippen molar-refractivity contribution in [1.82, 2.24) is 10.4 Å².